The van der Waals surface area contributed by atoms with Gasteiger partial charge in [0.15, 0.2) is 11.5 Å². The summed E-state index contributed by atoms with van der Waals surface area (Å²) in [5.41, 5.74) is -0.600. The van der Waals surface area contributed by atoms with Gasteiger partial charge in [-0.1, -0.05) is 31.2 Å². The first-order chi connectivity index (χ1) is 18.9. The van der Waals surface area contributed by atoms with Crippen LogP contribution in [0, 0.1) is 5.92 Å². The SMILES string of the molecule is C=CCN1CC[C@]23c4c5ccc(O)c4O[C@H]2[C@@H](N(C)C(=O)C=Cc2cccc(C(F)(F)F)c2)C[C@H](C)[C@@]3(O)[C@H]1C5. The number of amides is 1. The summed E-state index contributed by atoms with van der Waals surface area (Å²) >= 11 is 0. The molecule has 212 valence electrons. The zero-order chi connectivity index (χ0) is 28.6. The summed E-state index contributed by atoms with van der Waals surface area (Å²) in [7, 11) is 1.66. The van der Waals surface area contributed by atoms with Crippen LogP contribution in [0.25, 0.3) is 6.08 Å². The number of halogens is 3. The van der Waals surface area contributed by atoms with Crippen LogP contribution in [0.3, 0.4) is 0 Å². The summed E-state index contributed by atoms with van der Waals surface area (Å²) in [6, 6.07) is 7.76. The Balaban J connectivity index is 1.37. The number of hydrogen-bond acceptors (Lipinski definition) is 5. The Hall–Kier alpha value is -3.30. The fourth-order valence-electron chi connectivity index (χ4n) is 8.05. The highest BCUT2D eigenvalue weighted by Gasteiger charge is 2.75. The number of aromatic hydroxyl groups is 1. The Morgan fingerprint density at radius 2 is 2.08 bits per heavy atom. The predicted octanol–water partition coefficient (Wildman–Crippen LogP) is 4.54. The van der Waals surface area contributed by atoms with Gasteiger partial charge in [0.25, 0.3) is 0 Å². The second-order valence-corrected chi connectivity index (χ2v) is 11.6. The van der Waals surface area contributed by atoms with Gasteiger partial charge in [-0.2, -0.15) is 13.2 Å². The van der Waals surface area contributed by atoms with Crippen molar-refractivity contribution in [2.24, 2.45) is 5.92 Å². The number of hydrogen-bond donors (Lipinski definition) is 2. The van der Waals surface area contributed by atoms with Crippen molar-refractivity contribution in [3.05, 3.63) is 77.4 Å². The molecule has 2 aromatic rings. The zero-order valence-corrected chi connectivity index (χ0v) is 22.5. The third kappa shape index (κ3) is 3.59. The van der Waals surface area contributed by atoms with Gasteiger partial charge in [0.2, 0.25) is 5.91 Å². The van der Waals surface area contributed by atoms with Gasteiger partial charge in [0, 0.05) is 31.3 Å². The normalized spacial score (nSPS) is 32.5. The van der Waals surface area contributed by atoms with Crippen LogP contribution in [-0.2, 0) is 22.8 Å². The number of piperidine rings is 1. The van der Waals surface area contributed by atoms with E-state index < -0.39 is 34.9 Å². The maximum atomic E-state index is 13.4. The lowest BCUT2D eigenvalue weighted by atomic mass is 9.45. The largest absolute Gasteiger partial charge is 0.504 e. The van der Waals surface area contributed by atoms with Gasteiger partial charge in [-0.25, -0.2) is 0 Å². The molecule has 2 bridgehead atoms. The number of nitrogens with zero attached hydrogens (tertiary/aromatic N) is 2. The molecule has 6 rings (SSSR count). The van der Waals surface area contributed by atoms with Crippen molar-refractivity contribution in [1.82, 2.24) is 9.80 Å². The van der Waals surface area contributed by atoms with E-state index in [1.165, 1.54) is 24.3 Å². The molecule has 1 amide bonds. The number of carbonyl (C=O) groups is 1. The van der Waals surface area contributed by atoms with E-state index in [0.29, 0.717) is 38.1 Å². The molecule has 40 heavy (non-hydrogen) atoms. The quantitative estimate of drug-likeness (QED) is 0.420. The smallest absolute Gasteiger partial charge is 0.416 e. The number of rotatable bonds is 5. The number of alkyl halides is 3. The molecule has 0 unspecified atom stereocenters. The minimum atomic E-state index is -4.47. The maximum absolute atomic E-state index is 13.4. The Morgan fingerprint density at radius 1 is 1.30 bits per heavy atom. The molecule has 2 aliphatic carbocycles. The molecule has 4 aliphatic rings. The number of carbonyl (C=O) groups excluding carboxylic acids is 1. The van der Waals surface area contributed by atoms with Crippen molar-refractivity contribution in [2.45, 2.75) is 61.6 Å². The first-order valence-electron chi connectivity index (χ1n) is 13.6. The maximum Gasteiger partial charge on any atom is 0.416 e. The van der Waals surface area contributed by atoms with Gasteiger partial charge in [-0.05, 0) is 67.1 Å². The molecule has 1 spiro atoms. The lowest BCUT2D eigenvalue weighted by molar-refractivity contribution is -0.222. The molecule has 0 aromatic heterocycles. The van der Waals surface area contributed by atoms with E-state index in [2.05, 4.69) is 11.5 Å². The minimum absolute atomic E-state index is 0.0154. The van der Waals surface area contributed by atoms with E-state index >= 15 is 0 Å². The first-order valence-corrected chi connectivity index (χ1v) is 13.6. The monoisotopic (exact) mass is 554 g/mol. The fraction of sp³-hybridized carbons (Fsp3) is 0.452. The van der Waals surface area contributed by atoms with Gasteiger partial charge < -0.3 is 19.8 Å². The van der Waals surface area contributed by atoms with Crippen molar-refractivity contribution in [1.29, 1.82) is 0 Å². The Labute approximate surface area is 231 Å². The van der Waals surface area contributed by atoms with Crippen LogP contribution in [0.15, 0.2) is 55.1 Å². The second kappa shape index (κ2) is 9.11. The number of likely N-dealkylation sites (tertiary alicyclic amines) is 1. The highest BCUT2D eigenvalue weighted by atomic mass is 19.4. The van der Waals surface area contributed by atoms with E-state index in [-0.39, 0.29) is 29.2 Å². The molecular formula is C31H33F3N2O4. The van der Waals surface area contributed by atoms with Crippen molar-refractivity contribution < 1.29 is 32.9 Å². The molecule has 6 atom stereocenters. The molecule has 2 N–H and O–H groups in total. The van der Waals surface area contributed by atoms with E-state index in [1.807, 2.05) is 19.1 Å². The average molecular weight is 555 g/mol. The van der Waals surface area contributed by atoms with E-state index in [0.717, 1.165) is 23.3 Å². The van der Waals surface area contributed by atoms with Gasteiger partial charge in [0.05, 0.1) is 22.6 Å². The lowest BCUT2D eigenvalue weighted by Crippen LogP contribution is -2.80. The molecule has 6 nitrogen and oxygen atoms in total. The summed E-state index contributed by atoms with van der Waals surface area (Å²) in [5, 5.41) is 23.5. The van der Waals surface area contributed by atoms with Crippen molar-refractivity contribution in [3.63, 3.8) is 0 Å². The Morgan fingerprint density at radius 3 is 2.80 bits per heavy atom. The van der Waals surface area contributed by atoms with E-state index in [9.17, 15) is 28.2 Å². The molecule has 1 saturated carbocycles. The van der Waals surface area contributed by atoms with E-state index in [4.69, 9.17) is 4.74 Å². The molecular weight excluding hydrogens is 521 g/mol. The molecule has 1 saturated heterocycles. The number of likely N-dealkylation sites (N-methyl/N-ethyl adjacent to an activating group) is 1. The summed E-state index contributed by atoms with van der Waals surface area (Å²) < 4.78 is 46.0. The highest BCUT2D eigenvalue weighted by molar-refractivity contribution is 5.92. The molecule has 2 fully saturated rings. The third-order valence-corrected chi connectivity index (χ3v) is 9.81. The number of benzene rings is 2. The van der Waals surface area contributed by atoms with Crippen LogP contribution in [-0.4, -0.2) is 69.8 Å². The van der Waals surface area contributed by atoms with E-state index in [1.54, 1.807) is 18.0 Å². The van der Waals surface area contributed by atoms with Gasteiger partial charge in [-0.3, -0.25) is 9.69 Å². The molecule has 9 heteroatoms. The Kier molecular flexibility index (Phi) is 6.12. The zero-order valence-electron chi connectivity index (χ0n) is 22.5. The van der Waals surface area contributed by atoms with Crippen LogP contribution in [0.5, 0.6) is 11.5 Å². The second-order valence-electron chi connectivity index (χ2n) is 11.6. The van der Waals surface area contributed by atoms with Crippen LogP contribution in [0.1, 0.15) is 42.0 Å². The number of aliphatic hydroxyl groups is 1. The van der Waals surface area contributed by atoms with Gasteiger partial charge >= 0.3 is 6.18 Å². The third-order valence-electron chi connectivity index (χ3n) is 9.81. The van der Waals surface area contributed by atoms with Crippen LogP contribution >= 0.6 is 0 Å². The Bertz CT molecular complexity index is 1410. The van der Waals surface area contributed by atoms with Crippen LogP contribution in [0.2, 0.25) is 0 Å². The lowest BCUT2D eigenvalue weighted by Gasteiger charge is -2.66. The minimum Gasteiger partial charge on any atom is -0.504 e. The predicted molar refractivity (Wildman–Crippen MR) is 144 cm³/mol. The van der Waals surface area contributed by atoms with Crippen LogP contribution < -0.4 is 4.74 Å². The summed E-state index contributed by atoms with van der Waals surface area (Å²) in [5.74, 6) is -0.186. The molecule has 2 aromatic carbocycles. The topological polar surface area (TPSA) is 73.2 Å². The van der Waals surface area contributed by atoms with Crippen molar-refractivity contribution in [3.8, 4) is 11.5 Å². The van der Waals surface area contributed by atoms with Crippen molar-refractivity contribution >= 4 is 12.0 Å². The molecule has 0 radical (unpaired) electrons. The van der Waals surface area contributed by atoms with Crippen molar-refractivity contribution in [2.75, 3.05) is 20.1 Å². The number of phenolic OH excluding ortho intramolecular Hbond substituents is 1. The summed E-state index contributed by atoms with van der Waals surface area (Å²) in [6.45, 7) is 7.27. The average Bonchev–Trinajstić information content (AvgIpc) is 3.27. The first kappa shape index (κ1) is 26.9. The van der Waals surface area contributed by atoms with Crippen LogP contribution in [0.4, 0.5) is 13.2 Å². The summed E-state index contributed by atoms with van der Waals surface area (Å²) in [4.78, 5) is 17.3. The fourth-order valence-corrected chi connectivity index (χ4v) is 8.05. The van der Waals surface area contributed by atoms with Gasteiger partial charge in [0.1, 0.15) is 6.10 Å². The number of ether oxygens (including phenoxy) is 1. The van der Waals surface area contributed by atoms with Gasteiger partial charge in [-0.15, -0.1) is 6.58 Å². The summed E-state index contributed by atoms with van der Waals surface area (Å²) in [6.07, 6.45) is 1.11. The standard InChI is InChI=1S/C31H33F3N2O4/c1-4-13-36-14-12-29-26-20-9-10-23(37)27(26)40-28(29)22(15-18(2)30(29,39)24(36)17-20)35(3)25(38)11-8-19-6-5-7-21(16-19)31(32,33)34/h4-11,16,18,22,24,28,37,39H,1,12-15,17H2,2-3H3/t18-,22-,24+,28-,29-,30+/m0/s1. The number of phenols is 1. The molecule has 2 heterocycles. The molecule has 2 aliphatic heterocycles. The highest BCUT2D eigenvalue weighted by Crippen LogP contribution is 2.67.